The predicted molar refractivity (Wildman–Crippen MR) is 52.6 cm³/mol. The van der Waals surface area contributed by atoms with E-state index in [1.807, 2.05) is 0 Å². The van der Waals surface area contributed by atoms with Crippen molar-refractivity contribution in [1.29, 1.82) is 0 Å². The SMILES string of the molecule is CCC(=O)C(C)C1CS(=O)(=O)CC1O. The standard InChI is InChI=1S/C9H16O4S/c1-3-8(10)6(2)7-4-14(12,13)5-9(7)11/h6-7,9,11H,3-5H2,1-2H3. The van der Waals surface area contributed by atoms with Gasteiger partial charge in [-0.2, -0.15) is 0 Å². The molecule has 0 aliphatic carbocycles. The van der Waals surface area contributed by atoms with Gasteiger partial charge >= 0.3 is 0 Å². The topological polar surface area (TPSA) is 71.4 Å². The van der Waals surface area contributed by atoms with E-state index in [4.69, 9.17) is 0 Å². The molecule has 0 aromatic carbocycles. The Morgan fingerprint density at radius 3 is 2.43 bits per heavy atom. The Kier molecular flexibility index (Phi) is 3.32. The quantitative estimate of drug-likeness (QED) is 0.727. The van der Waals surface area contributed by atoms with Crippen molar-refractivity contribution in [2.75, 3.05) is 11.5 Å². The molecule has 1 saturated heterocycles. The van der Waals surface area contributed by atoms with Gasteiger partial charge in [0.1, 0.15) is 5.78 Å². The smallest absolute Gasteiger partial charge is 0.153 e. The summed E-state index contributed by atoms with van der Waals surface area (Å²) in [6, 6.07) is 0. The molecule has 82 valence electrons. The van der Waals surface area contributed by atoms with Gasteiger partial charge < -0.3 is 5.11 Å². The lowest BCUT2D eigenvalue weighted by Crippen LogP contribution is -2.29. The Morgan fingerprint density at radius 2 is 2.07 bits per heavy atom. The number of hydrogen-bond acceptors (Lipinski definition) is 4. The monoisotopic (exact) mass is 220 g/mol. The normalized spacial score (nSPS) is 32.8. The molecule has 4 nitrogen and oxygen atoms in total. The molecule has 1 aliphatic rings. The van der Waals surface area contributed by atoms with Crippen LogP contribution in [0.15, 0.2) is 0 Å². The molecule has 0 radical (unpaired) electrons. The second kappa shape index (κ2) is 3.98. The fourth-order valence-electron chi connectivity index (χ4n) is 1.89. The van der Waals surface area contributed by atoms with Gasteiger partial charge in [0.25, 0.3) is 0 Å². The van der Waals surface area contributed by atoms with Crippen LogP contribution in [0.3, 0.4) is 0 Å². The molecule has 14 heavy (non-hydrogen) atoms. The molecule has 1 N–H and O–H groups in total. The maximum Gasteiger partial charge on any atom is 0.153 e. The van der Waals surface area contributed by atoms with E-state index in [0.717, 1.165) is 0 Å². The molecule has 0 bridgehead atoms. The summed E-state index contributed by atoms with van der Waals surface area (Å²) in [5.41, 5.74) is 0. The van der Waals surface area contributed by atoms with Gasteiger partial charge in [-0.05, 0) is 0 Å². The average molecular weight is 220 g/mol. The minimum Gasteiger partial charge on any atom is -0.392 e. The molecule has 1 fully saturated rings. The van der Waals surface area contributed by atoms with Gasteiger partial charge in [0.2, 0.25) is 0 Å². The van der Waals surface area contributed by atoms with Crippen molar-refractivity contribution in [3.8, 4) is 0 Å². The minimum atomic E-state index is -3.13. The van der Waals surface area contributed by atoms with Crippen LogP contribution in [0.1, 0.15) is 20.3 Å². The van der Waals surface area contributed by atoms with E-state index in [1.54, 1.807) is 13.8 Å². The summed E-state index contributed by atoms with van der Waals surface area (Å²) in [4.78, 5) is 11.3. The first kappa shape index (κ1) is 11.7. The van der Waals surface area contributed by atoms with E-state index in [9.17, 15) is 18.3 Å². The summed E-state index contributed by atoms with van der Waals surface area (Å²) in [5, 5.41) is 9.51. The maximum atomic E-state index is 11.3. The van der Waals surface area contributed by atoms with Crippen LogP contribution in [-0.2, 0) is 14.6 Å². The van der Waals surface area contributed by atoms with Gasteiger partial charge in [-0.25, -0.2) is 8.42 Å². The van der Waals surface area contributed by atoms with Gasteiger partial charge in [0.05, 0.1) is 17.6 Å². The third kappa shape index (κ3) is 2.33. The van der Waals surface area contributed by atoms with Gasteiger partial charge in [0, 0.05) is 18.3 Å². The van der Waals surface area contributed by atoms with E-state index in [-0.39, 0.29) is 23.2 Å². The summed E-state index contributed by atoms with van der Waals surface area (Å²) in [5.74, 6) is -0.994. The summed E-state index contributed by atoms with van der Waals surface area (Å²) >= 11 is 0. The first-order valence-electron chi connectivity index (χ1n) is 4.78. The first-order valence-corrected chi connectivity index (χ1v) is 6.60. The van der Waals surface area contributed by atoms with Crippen LogP contribution in [0.2, 0.25) is 0 Å². The van der Waals surface area contributed by atoms with Crippen molar-refractivity contribution >= 4 is 15.6 Å². The molecular weight excluding hydrogens is 204 g/mol. The van der Waals surface area contributed by atoms with Gasteiger partial charge in [0.15, 0.2) is 9.84 Å². The zero-order valence-corrected chi connectivity index (χ0v) is 9.25. The number of carbonyl (C=O) groups is 1. The third-order valence-corrected chi connectivity index (χ3v) is 4.61. The Bertz CT molecular complexity index is 320. The van der Waals surface area contributed by atoms with Crippen molar-refractivity contribution in [3.63, 3.8) is 0 Å². The van der Waals surface area contributed by atoms with E-state index in [1.165, 1.54) is 0 Å². The number of Topliss-reactive ketones (excluding diaryl/α,β-unsaturated/α-hetero) is 1. The minimum absolute atomic E-state index is 0.0196. The summed E-state index contributed by atoms with van der Waals surface area (Å²) in [6.45, 7) is 3.44. The van der Waals surface area contributed by atoms with Crippen molar-refractivity contribution in [1.82, 2.24) is 0 Å². The molecular formula is C9H16O4S. The van der Waals surface area contributed by atoms with Crippen LogP contribution < -0.4 is 0 Å². The number of ketones is 1. The van der Waals surface area contributed by atoms with Crippen LogP contribution in [-0.4, -0.2) is 36.9 Å². The van der Waals surface area contributed by atoms with E-state index >= 15 is 0 Å². The molecule has 0 amide bonds. The number of sulfone groups is 1. The molecule has 1 aliphatic heterocycles. The molecule has 0 saturated carbocycles. The van der Waals surface area contributed by atoms with Crippen LogP contribution >= 0.6 is 0 Å². The fourth-order valence-corrected chi connectivity index (χ4v) is 3.90. The predicted octanol–water partition coefficient (Wildman–Crippen LogP) is 0.00710. The van der Waals surface area contributed by atoms with E-state index < -0.39 is 21.9 Å². The van der Waals surface area contributed by atoms with E-state index in [2.05, 4.69) is 0 Å². The Labute approximate surface area is 84.2 Å². The maximum absolute atomic E-state index is 11.3. The van der Waals surface area contributed by atoms with Gasteiger partial charge in [-0.3, -0.25) is 4.79 Å². The van der Waals surface area contributed by atoms with E-state index in [0.29, 0.717) is 6.42 Å². The summed E-state index contributed by atoms with van der Waals surface area (Å²) < 4.78 is 22.4. The summed E-state index contributed by atoms with van der Waals surface area (Å²) in [6.07, 6.45) is -0.477. The molecule has 1 rings (SSSR count). The highest BCUT2D eigenvalue weighted by atomic mass is 32.2. The van der Waals surface area contributed by atoms with Crippen molar-refractivity contribution in [3.05, 3.63) is 0 Å². The molecule has 1 heterocycles. The van der Waals surface area contributed by atoms with Gasteiger partial charge in [-0.15, -0.1) is 0 Å². The number of hydrogen-bond donors (Lipinski definition) is 1. The second-order valence-corrected chi connectivity index (χ2v) is 6.07. The molecule has 0 aromatic heterocycles. The molecule has 3 atom stereocenters. The first-order chi connectivity index (χ1) is 6.37. The lowest BCUT2D eigenvalue weighted by atomic mass is 9.87. The zero-order chi connectivity index (χ0) is 10.9. The van der Waals surface area contributed by atoms with Crippen molar-refractivity contribution < 1.29 is 18.3 Å². The molecule has 3 unspecified atom stereocenters. The Morgan fingerprint density at radius 1 is 1.50 bits per heavy atom. The average Bonchev–Trinajstić information content (AvgIpc) is 2.37. The molecule has 0 spiro atoms. The van der Waals surface area contributed by atoms with Crippen molar-refractivity contribution in [2.24, 2.45) is 11.8 Å². The molecule has 0 aromatic rings. The van der Waals surface area contributed by atoms with Crippen LogP contribution in [0.5, 0.6) is 0 Å². The lowest BCUT2D eigenvalue weighted by Gasteiger charge is -2.18. The van der Waals surface area contributed by atoms with Crippen LogP contribution in [0.25, 0.3) is 0 Å². The van der Waals surface area contributed by atoms with Crippen LogP contribution in [0.4, 0.5) is 0 Å². The van der Waals surface area contributed by atoms with Crippen molar-refractivity contribution in [2.45, 2.75) is 26.4 Å². The number of aliphatic hydroxyl groups is 1. The Balaban J connectivity index is 2.76. The number of rotatable bonds is 3. The van der Waals surface area contributed by atoms with Gasteiger partial charge in [-0.1, -0.05) is 13.8 Å². The highest BCUT2D eigenvalue weighted by molar-refractivity contribution is 7.91. The summed E-state index contributed by atoms with van der Waals surface area (Å²) in [7, 11) is -3.13. The largest absolute Gasteiger partial charge is 0.392 e. The lowest BCUT2D eigenvalue weighted by molar-refractivity contribution is -0.124. The second-order valence-electron chi connectivity index (χ2n) is 3.92. The van der Waals surface area contributed by atoms with Crippen LogP contribution in [0, 0.1) is 11.8 Å². The Hall–Kier alpha value is -0.420. The highest BCUT2D eigenvalue weighted by Gasteiger charge is 2.41. The number of aliphatic hydroxyl groups excluding tert-OH is 1. The molecule has 5 heteroatoms. The fraction of sp³-hybridized carbons (Fsp3) is 0.889. The number of carbonyl (C=O) groups excluding carboxylic acids is 1. The zero-order valence-electron chi connectivity index (χ0n) is 8.43. The third-order valence-electron chi connectivity index (χ3n) is 2.86. The highest BCUT2D eigenvalue weighted by Crippen LogP contribution is 2.27.